The molecule has 2 rings (SSSR count). The molecule has 0 aliphatic heterocycles. The van der Waals surface area contributed by atoms with Gasteiger partial charge in [0, 0.05) is 6.20 Å². The molecule has 3 N–H and O–H groups in total. The van der Waals surface area contributed by atoms with Crippen LogP contribution in [0.1, 0.15) is 30.2 Å². The fourth-order valence-electron chi connectivity index (χ4n) is 1.17. The molecule has 0 aliphatic carbocycles. The van der Waals surface area contributed by atoms with Gasteiger partial charge in [0.15, 0.2) is 0 Å². The summed E-state index contributed by atoms with van der Waals surface area (Å²) in [6.07, 6.45) is 3.41. The topological polar surface area (TPSA) is 103 Å². The van der Waals surface area contributed by atoms with Crippen molar-refractivity contribution in [3.05, 3.63) is 29.7 Å². The summed E-state index contributed by atoms with van der Waals surface area (Å²) in [4.78, 5) is 8.33. The molecule has 2 aromatic rings. The Morgan fingerprint density at radius 1 is 1.35 bits per heavy atom. The summed E-state index contributed by atoms with van der Waals surface area (Å²) in [6.45, 7) is 4.15. The van der Waals surface area contributed by atoms with Crippen molar-refractivity contribution in [2.45, 2.75) is 26.4 Å². The lowest BCUT2D eigenvalue weighted by Gasteiger charge is -2.00. The molecular weight excluding hydrogens is 220 g/mol. The van der Waals surface area contributed by atoms with Crippen LogP contribution in [0.15, 0.2) is 16.8 Å². The molecule has 0 saturated heterocycles. The fraction of sp³-hybridized carbons (Fsp3) is 0.400. The summed E-state index contributed by atoms with van der Waals surface area (Å²) in [7, 11) is 0. The highest BCUT2D eigenvalue weighted by molar-refractivity contribution is 5.19. The summed E-state index contributed by atoms with van der Waals surface area (Å²) < 4.78 is 5.28. The molecule has 7 nitrogen and oxygen atoms in total. The Labute approximate surface area is 98.5 Å². The number of nitrogens with two attached hydrogens (primary N) is 1. The number of aryl methyl sites for hydroxylation is 1. The van der Waals surface area contributed by atoms with Crippen LogP contribution in [0.25, 0.3) is 0 Å². The summed E-state index contributed by atoms with van der Waals surface area (Å²) in [5.74, 6) is 0.405. The second-order valence-corrected chi connectivity index (χ2v) is 3.74. The molecule has 0 aliphatic rings. The van der Waals surface area contributed by atoms with Crippen molar-refractivity contribution in [1.82, 2.24) is 20.2 Å². The van der Waals surface area contributed by atoms with Gasteiger partial charge in [-0.1, -0.05) is 5.10 Å². The molecule has 1 unspecified atom stereocenters. The number of nitrogens with one attached hydrogen (secondary N) is 1. The first-order chi connectivity index (χ1) is 8.15. The lowest BCUT2D eigenvalue weighted by atomic mass is 10.4. The Bertz CT molecular complexity index is 478. The number of hydrogen-bond acceptors (Lipinski definition) is 7. The number of aromatic nitrogens is 4. The highest BCUT2D eigenvalue weighted by Gasteiger charge is 2.09. The monoisotopic (exact) mass is 234 g/mol. The predicted molar refractivity (Wildman–Crippen MR) is 61.0 cm³/mol. The van der Waals surface area contributed by atoms with Crippen molar-refractivity contribution in [3.63, 3.8) is 0 Å². The van der Waals surface area contributed by atoms with Crippen LogP contribution in [0.5, 0.6) is 0 Å². The average molecular weight is 234 g/mol. The van der Waals surface area contributed by atoms with Crippen molar-refractivity contribution in [2.24, 2.45) is 5.73 Å². The van der Waals surface area contributed by atoms with E-state index in [-0.39, 0.29) is 6.04 Å². The Balaban J connectivity index is 1.95. The molecule has 0 aromatic carbocycles. The molecule has 17 heavy (non-hydrogen) atoms. The second-order valence-electron chi connectivity index (χ2n) is 3.74. The maximum atomic E-state index is 5.60. The molecule has 0 amide bonds. The van der Waals surface area contributed by atoms with Gasteiger partial charge in [-0.15, -0.1) is 5.10 Å². The van der Waals surface area contributed by atoms with E-state index in [0.717, 1.165) is 11.4 Å². The van der Waals surface area contributed by atoms with Crippen molar-refractivity contribution >= 4 is 6.01 Å². The largest absolute Gasteiger partial charge is 0.406 e. The van der Waals surface area contributed by atoms with E-state index in [4.69, 9.17) is 10.2 Å². The van der Waals surface area contributed by atoms with E-state index in [0.29, 0.717) is 18.5 Å². The van der Waals surface area contributed by atoms with Crippen molar-refractivity contribution in [2.75, 3.05) is 5.32 Å². The average Bonchev–Trinajstić information content (AvgIpc) is 2.77. The molecule has 90 valence electrons. The van der Waals surface area contributed by atoms with Gasteiger partial charge in [0.05, 0.1) is 30.2 Å². The van der Waals surface area contributed by atoms with E-state index in [1.807, 2.05) is 6.92 Å². The molecular formula is C10H14N6O. The third-order valence-corrected chi connectivity index (χ3v) is 2.09. The predicted octanol–water partition coefficient (Wildman–Crippen LogP) is 0.800. The van der Waals surface area contributed by atoms with Gasteiger partial charge < -0.3 is 15.5 Å². The summed E-state index contributed by atoms with van der Waals surface area (Å²) >= 11 is 0. The molecule has 2 heterocycles. The van der Waals surface area contributed by atoms with Crippen LogP contribution < -0.4 is 11.1 Å². The Hall–Kier alpha value is -2.02. The Morgan fingerprint density at radius 3 is 2.76 bits per heavy atom. The molecule has 0 radical (unpaired) electrons. The molecule has 7 heteroatoms. The number of nitrogens with zero attached hydrogens (tertiary/aromatic N) is 4. The summed E-state index contributed by atoms with van der Waals surface area (Å²) in [6, 6.07) is 0.0666. The normalized spacial score (nSPS) is 12.4. The van der Waals surface area contributed by atoms with Gasteiger partial charge in [0.2, 0.25) is 5.89 Å². The smallest absolute Gasteiger partial charge is 0.315 e. The standard InChI is InChI=1S/C10H14N6O/c1-6-3-13-8(4-12-6)5-14-10-16-15-9(17-10)7(2)11/h3-4,7H,5,11H2,1-2H3,(H,14,16). The molecule has 0 bridgehead atoms. The van der Waals surface area contributed by atoms with E-state index >= 15 is 0 Å². The minimum atomic E-state index is -0.266. The number of anilines is 1. The zero-order valence-electron chi connectivity index (χ0n) is 9.71. The highest BCUT2D eigenvalue weighted by atomic mass is 16.4. The van der Waals surface area contributed by atoms with Gasteiger partial charge >= 0.3 is 6.01 Å². The first-order valence-electron chi connectivity index (χ1n) is 5.25. The summed E-state index contributed by atoms with van der Waals surface area (Å²) in [5.41, 5.74) is 7.29. The first-order valence-corrected chi connectivity index (χ1v) is 5.25. The lowest BCUT2D eigenvalue weighted by Crippen LogP contribution is -2.05. The van der Waals surface area contributed by atoms with E-state index in [9.17, 15) is 0 Å². The van der Waals surface area contributed by atoms with Crippen LogP contribution in [-0.2, 0) is 6.54 Å². The summed E-state index contributed by atoms with van der Waals surface area (Å²) in [5, 5.41) is 10.6. The molecule has 0 spiro atoms. The zero-order valence-corrected chi connectivity index (χ0v) is 9.71. The first kappa shape index (κ1) is 11.5. The van der Waals surface area contributed by atoms with Crippen LogP contribution >= 0.6 is 0 Å². The molecule has 0 saturated carbocycles. The van der Waals surface area contributed by atoms with Crippen LogP contribution in [0.3, 0.4) is 0 Å². The quantitative estimate of drug-likeness (QED) is 0.806. The van der Waals surface area contributed by atoms with E-state index in [1.54, 1.807) is 19.3 Å². The number of rotatable bonds is 4. The van der Waals surface area contributed by atoms with Crippen molar-refractivity contribution < 1.29 is 4.42 Å². The highest BCUT2D eigenvalue weighted by Crippen LogP contribution is 2.11. The Kier molecular flexibility index (Phi) is 3.29. The molecule has 2 aromatic heterocycles. The van der Waals surface area contributed by atoms with E-state index < -0.39 is 0 Å². The number of hydrogen-bond donors (Lipinski definition) is 2. The van der Waals surface area contributed by atoms with Crippen LogP contribution in [0.2, 0.25) is 0 Å². The van der Waals surface area contributed by atoms with Gasteiger partial charge in [-0.2, -0.15) is 0 Å². The molecule has 1 atom stereocenters. The minimum absolute atomic E-state index is 0.266. The van der Waals surface area contributed by atoms with Crippen molar-refractivity contribution in [1.29, 1.82) is 0 Å². The maximum Gasteiger partial charge on any atom is 0.315 e. The van der Waals surface area contributed by atoms with E-state index in [2.05, 4.69) is 25.5 Å². The van der Waals surface area contributed by atoms with Crippen LogP contribution in [0.4, 0.5) is 6.01 Å². The fourth-order valence-corrected chi connectivity index (χ4v) is 1.17. The van der Waals surface area contributed by atoms with E-state index in [1.165, 1.54) is 0 Å². The van der Waals surface area contributed by atoms with Gasteiger partial charge in [-0.3, -0.25) is 9.97 Å². The second kappa shape index (κ2) is 4.88. The van der Waals surface area contributed by atoms with Gasteiger partial charge in [0.1, 0.15) is 0 Å². The molecule has 0 fully saturated rings. The van der Waals surface area contributed by atoms with Crippen molar-refractivity contribution in [3.8, 4) is 0 Å². The zero-order chi connectivity index (χ0) is 12.3. The van der Waals surface area contributed by atoms with Crippen LogP contribution in [-0.4, -0.2) is 20.2 Å². The van der Waals surface area contributed by atoms with Gasteiger partial charge in [-0.25, -0.2) is 0 Å². The Morgan fingerprint density at radius 2 is 2.18 bits per heavy atom. The van der Waals surface area contributed by atoms with Crippen LogP contribution in [0, 0.1) is 6.92 Å². The van der Waals surface area contributed by atoms with Gasteiger partial charge in [-0.05, 0) is 13.8 Å². The minimum Gasteiger partial charge on any atom is -0.406 e. The third kappa shape index (κ3) is 2.97. The third-order valence-electron chi connectivity index (χ3n) is 2.09. The maximum absolute atomic E-state index is 5.60. The lowest BCUT2D eigenvalue weighted by molar-refractivity contribution is 0.472. The van der Waals surface area contributed by atoms with Gasteiger partial charge in [0.25, 0.3) is 0 Å². The SMILES string of the molecule is Cc1cnc(CNc2nnc(C(C)N)o2)cn1.